The summed E-state index contributed by atoms with van der Waals surface area (Å²) in [5, 5.41) is 3.64. The van der Waals surface area contributed by atoms with Crippen molar-refractivity contribution in [1.82, 2.24) is 10.2 Å². The predicted octanol–water partition coefficient (Wildman–Crippen LogP) is 6.16. The van der Waals surface area contributed by atoms with Crippen LogP contribution >= 0.6 is 11.6 Å². The number of hydrogen-bond acceptors (Lipinski definition) is 3. The molecule has 0 saturated carbocycles. The number of fused-ring (bicyclic) bond motifs is 1. The van der Waals surface area contributed by atoms with Gasteiger partial charge in [0.25, 0.3) is 5.91 Å². The van der Waals surface area contributed by atoms with E-state index < -0.39 is 17.6 Å². The number of carbonyl (C=O) groups excluding carboxylic acids is 2. The maximum atomic E-state index is 14.1. The van der Waals surface area contributed by atoms with Crippen molar-refractivity contribution in [2.24, 2.45) is 4.99 Å². The Bertz CT molecular complexity index is 1250. The summed E-state index contributed by atoms with van der Waals surface area (Å²) in [4.78, 5) is 34.6. The molecule has 2 amide bonds. The molecule has 0 aliphatic carbocycles. The number of amides is 2. The van der Waals surface area contributed by atoms with Crippen LogP contribution in [0.5, 0.6) is 0 Å². The third-order valence-corrected chi connectivity index (χ3v) is 6.22. The van der Waals surface area contributed by atoms with Crippen molar-refractivity contribution >= 4 is 34.8 Å². The van der Waals surface area contributed by atoms with E-state index in [1.165, 1.54) is 0 Å². The van der Waals surface area contributed by atoms with Crippen LogP contribution in [0.2, 0.25) is 5.02 Å². The standard InChI is InChI=1S/C29H30ClN3O2/c1-19-25(18-20-10-6-5-7-11-20)33(28(35)21-14-16-22(30)17-15-21)26(27(34)32-29(2,3)4)23-12-8-9-13-24(23)31-19/h5-17,25-26H,18H2,1-4H3,(H,32,34). The molecular weight excluding hydrogens is 458 g/mol. The average Bonchev–Trinajstić information content (AvgIpc) is 2.93. The third-order valence-electron chi connectivity index (χ3n) is 5.97. The molecule has 35 heavy (non-hydrogen) atoms. The Morgan fingerprint density at radius 3 is 2.23 bits per heavy atom. The van der Waals surface area contributed by atoms with Gasteiger partial charge in [-0.3, -0.25) is 14.6 Å². The van der Waals surface area contributed by atoms with Gasteiger partial charge in [-0.15, -0.1) is 0 Å². The first-order chi connectivity index (χ1) is 16.6. The van der Waals surface area contributed by atoms with Crippen LogP contribution in [-0.2, 0) is 11.2 Å². The number of halogens is 1. The minimum absolute atomic E-state index is 0.241. The van der Waals surface area contributed by atoms with E-state index in [0.717, 1.165) is 11.3 Å². The normalized spacial score (nSPS) is 17.7. The van der Waals surface area contributed by atoms with Gasteiger partial charge in [0.15, 0.2) is 0 Å². The summed E-state index contributed by atoms with van der Waals surface area (Å²) in [7, 11) is 0. The van der Waals surface area contributed by atoms with Crippen LogP contribution in [0.4, 0.5) is 5.69 Å². The van der Waals surface area contributed by atoms with E-state index >= 15 is 0 Å². The quantitative estimate of drug-likeness (QED) is 0.479. The van der Waals surface area contributed by atoms with E-state index in [1.807, 2.05) is 82.3 Å². The number of benzene rings is 3. The van der Waals surface area contributed by atoms with Gasteiger partial charge in [-0.05, 0) is 70.0 Å². The Kier molecular flexibility index (Phi) is 7.08. The molecule has 180 valence electrons. The fourth-order valence-electron chi connectivity index (χ4n) is 4.41. The van der Waals surface area contributed by atoms with Gasteiger partial charge in [-0.1, -0.05) is 60.1 Å². The van der Waals surface area contributed by atoms with Crippen LogP contribution in [0, 0.1) is 0 Å². The lowest BCUT2D eigenvalue weighted by atomic mass is 9.95. The van der Waals surface area contributed by atoms with Crippen molar-refractivity contribution in [3.05, 3.63) is 101 Å². The van der Waals surface area contributed by atoms with Crippen LogP contribution in [0.3, 0.4) is 0 Å². The zero-order valence-corrected chi connectivity index (χ0v) is 21.2. The minimum atomic E-state index is -0.858. The maximum absolute atomic E-state index is 14.1. The van der Waals surface area contributed by atoms with Gasteiger partial charge in [0.1, 0.15) is 6.04 Å². The van der Waals surface area contributed by atoms with Gasteiger partial charge in [0.2, 0.25) is 5.91 Å². The highest BCUT2D eigenvalue weighted by Gasteiger charge is 2.41. The zero-order chi connectivity index (χ0) is 25.2. The van der Waals surface area contributed by atoms with Crippen LogP contribution in [-0.4, -0.2) is 34.0 Å². The highest BCUT2D eigenvalue weighted by molar-refractivity contribution is 6.30. The minimum Gasteiger partial charge on any atom is -0.349 e. The molecule has 1 heterocycles. The molecular formula is C29H30ClN3O2. The highest BCUT2D eigenvalue weighted by atomic mass is 35.5. The van der Waals surface area contributed by atoms with Crippen molar-refractivity contribution in [1.29, 1.82) is 0 Å². The summed E-state index contributed by atoms with van der Waals surface area (Å²) in [6.45, 7) is 7.72. The molecule has 0 bridgehead atoms. The fraction of sp³-hybridized carbons (Fsp3) is 0.276. The molecule has 0 fully saturated rings. The molecule has 5 nitrogen and oxygen atoms in total. The van der Waals surface area contributed by atoms with Gasteiger partial charge in [-0.25, -0.2) is 0 Å². The molecule has 0 saturated heterocycles. The SMILES string of the molecule is CC1=Nc2ccccc2C(C(=O)NC(C)(C)C)N(C(=O)c2ccc(Cl)cc2)C1Cc1ccccc1. The predicted molar refractivity (Wildman–Crippen MR) is 141 cm³/mol. The van der Waals surface area contributed by atoms with E-state index in [-0.39, 0.29) is 11.8 Å². The van der Waals surface area contributed by atoms with Crippen molar-refractivity contribution in [2.75, 3.05) is 0 Å². The van der Waals surface area contributed by atoms with Gasteiger partial charge >= 0.3 is 0 Å². The second-order valence-electron chi connectivity index (χ2n) is 9.88. The third kappa shape index (κ3) is 5.63. The molecule has 0 radical (unpaired) electrons. The molecule has 6 heteroatoms. The number of nitrogens with one attached hydrogen (secondary N) is 1. The van der Waals surface area contributed by atoms with Gasteiger partial charge in [0.05, 0.1) is 11.7 Å². The molecule has 4 rings (SSSR count). The summed E-state index contributed by atoms with van der Waals surface area (Å²) in [6.07, 6.45) is 0.531. The van der Waals surface area contributed by atoms with Crippen LogP contribution in [0.15, 0.2) is 83.9 Å². The highest BCUT2D eigenvalue weighted by Crippen LogP contribution is 2.37. The van der Waals surface area contributed by atoms with Crippen molar-refractivity contribution in [3.63, 3.8) is 0 Å². The second kappa shape index (κ2) is 10.0. The smallest absolute Gasteiger partial charge is 0.255 e. The number of nitrogens with zero attached hydrogens (tertiary/aromatic N) is 2. The van der Waals surface area contributed by atoms with Gasteiger partial charge in [-0.2, -0.15) is 0 Å². The zero-order valence-electron chi connectivity index (χ0n) is 20.5. The summed E-state index contributed by atoms with van der Waals surface area (Å²) < 4.78 is 0. The Morgan fingerprint density at radius 1 is 0.943 bits per heavy atom. The summed E-state index contributed by atoms with van der Waals surface area (Å²) >= 11 is 6.10. The molecule has 2 atom stereocenters. The van der Waals surface area contributed by atoms with Crippen molar-refractivity contribution < 1.29 is 9.59 Å². The lowest BCUT2D eigenvalue weighted by Crippen LogP contribution is -2.53. The van der Waals surface area contributed by atoms with Crippen molar-refractivity contribution in [2.45, 2.75) is 51.7 Å². The van der Waals surface area contributed by atoms with E-state index in [4.69, 9.17) is 16.6 Å². The monoisotopic (exact) mass is 487 g/mol. The first kappa shape index (κ1) is 24.7. The molecule has 1 aliphatic heterocycles. The summed E-state index contributed by atoms with van der Waals surface area (Å²) in [5.41, 5.74) is 3.22. The van der Waals surface area contributed by atoms with E-state index in [1.54, 1.807) is 29.2 Å². The number of aliphatic imine (C=N–C) groups is 1. The topological polar surface area (TPSA) is 61.8 Å². The Labute approximate surface area is 211 Å². The largest absolute Gasteiger partial charge is 0.349 e. The summed E-state index contributed by atoms with van der Waals surface area (Å²) in [5.74, 6) is -0.488. The first-order valence-corrected chi connectivity index (χ1v) is 12.1. The van der Waals surface area contributed by atoms with Crippen LogP contribution in [0.25, 0.3) is 0 Å². The molecule has 2 unspecified atom stereocenters. The lowest BCUT2D eigenvalue weighted by Gasteiger charge is -2.38. The van der Waals surface area contributed by atoms with E-state index in [2.05, 4.69) is 5.32 Å². The maximum Gasteiger partial charge on any atom is 0.255 e. The van der Waals surface area contributed by atoms with E-state index in [0.29, 0.717) is 28.3 Å². The lowest BCUT2D eigenvalue weighted by molar-refractivity contribution is -0.127. The van der Waals surface area contributed by atoms with Gasteiger partial charge < -0.3 is 10.2 Å². The molecule has 3 aromatic rings. The Hall–Kier alpha value is -3.44. The fourth-order valence-corrected chi connectivity index (χ4v) is 4.53. The van der Waals surface area contributed by atoms with E-state index in [9.17, 15) is 9.59 Å². The number of rotatable bonds is 4. The number of para-hydroxylation sites is 1. The number of carbonyl (C=O) groups is 2. The molecule has 0 aromatic heterocycles. The Balaban J connectivity index is 1.90. The average molecular weight is 488 g/mol. The molecule has 1 N–H and O–H groups in total. The molecule has 3 aromatic carbocycles. The first-order valence-electron chi connectivity index (χ1n) is 11.7. The number of hydrogen-bond donors (Lipinski definition) is 1. The Morgan fingerprint density at radius 2 is 1.57 bits per heavy atom. The molecule has 1 aliphatic rings. The van der Waals surface area contributed by atoms with Crippen molar-refractivity contribution in [3.8, 4) is 0 Å². The molecule has 0 spiro atoms. The second-order valence-corrected chi connectivity index (χ2v) is 10.3. The summed E-state index contributed by atoms with van der Waals surface area (Å²) in [6, 6.07) is 23.0. The van der Waals surface area contributed by atoms with Crippen LogP contribution in [0.1, 0.15) is 55.2 Å². The van der Waals surface area contributed by atoms with Gasteiger partial charge in [0, 0.05) is 27.4 Å². The van der Waals surface area contributed by atoms with Crippen LogP contribution < -0.4 is 5.32 Å².